The molecule has 0 bridgehead atoms. The van der Waals surface area contributed by atoms with Gasteiger partial charge in [-0.2, -0.15) is 0 Å². The predicted octanol–water partition coefficient (Wildman–Crippen LogP) is 1.81. The molecule has 7 nitrogen and oxygen atoms in total. The van der Waals surface area contributed by atoms with E-state index in [-0.39, 0.29) is 24.3 Å². The van der Waals surface area contributed by atoms with Crippen molar-refractivity contribution in [1.82, 2.24) is 9.97 Å². The molecule has 124 valence electrons. The summed E-state index contributed by atoms with van der Waals surface area (Å²) < 4.78 is 10.1. The number of Topliss-reactive ketones (excluding diaryl/α,β-unsaturated/α-hetero) is 1. The summed E-state index contributed by atoms with van der Waals surface area (Å²) in [5.41, 5.74) is 8.39. The molecule has 0 radical (unpaired) electrons. The summed E-state index contributed by atoms with van der Waals surface area (Å²) in [5, 5.41) is 7.13. The average molecular weight is 326 g/mol. The summed E-state index contributed by atoms with van der Waals surface area (Å²) >= 11 is 0. The zero-order chi connectivity index (χ0) is 17.1. The van der Waals surface area contributed by atoms with Gasteiger partial charge < -0.3 is 15.2 Å². The number of rotatable bonds is 4. The number of carbonyl (C=O) groups is 1. The molecule has 1 aromatic carbocycles. The Bertz CT molecular complexity index is 791. The van der Waals surface area contributed by atoms with Gasteiger partial charge in [0, 0.05) is 11.1 Å². The number of nitrogens with one attached hydrogen (secondary N) is 1. The third-order valence-electron chi connectivity index (χ3n) is 4.09. The summed E-state index contributed by atoms with van der Waals surface area (Å²) in [4.78, 5) is 21.2. The molecule has 1 heterocycles. The normalized spacial score (nSPS) is 16.4. The van der Waals surface area contributed by atoms with E-state index in [1.807, 2.05) is 18.2 Å². The number of nitrogens with two attached hydrogens (primary N) is 1. The molecule has 7 heteroatoms. The molecule has 0 saturated carbocycles. The maximum atomic E-state index is 12.7. The van der Waals surface area contributed by atoms with Gasteiger partial charge in [-0.15, -0.1) is 0 Å². The predicted molar refractivity (Wildman–Crippen MR) is 88.0 cm³/mol. The van der Waals surface area contributed by atoms with E-state index in [2.05, 4.69) is 9.97 Å². The highest BCUT2D eigenvalue weighted by atomic mass is 16.5. The molecule has 0 spiro atoms. The Hall–Kier alpha value is -2.96. The zero-order valence-corrected chi connectivity index (χ0v) is 13.3. The van der Waals surface area contributed by atoms with Crippen LogP contribution in [0.15, 0.2) is 30.6 Å². The van der Waals surface area contributed by atoms with Gasteiger partial charge in [0.25, 0.3) is 6.02 Å². The molecule has 0 amide bonds. The van der Waals surface area contributed by atoms with Crippen molar-refractivity contribution in [2.75, 3.05) is 13.7 Å². The van der Waals surface area contributed by atoms with Crippen LogP contribution in [0.4, 0.5) is 0 Å². The molecule has 3 rings (SSSR count). The minimum absolute atomic E-state index is 0.00945. The molecule has 0 aliphatic heterocycles. The Morgan fingerprint density at radius 3 is 2.92 bits per heavy atom. The molecule has 24 heavy (non-hydrogen) atoms. The minimum atomic E-state index is -0.367. The molecule has 1 unspecified atom stereocenters. The summed E-state index contributed by atoms with van der Waals surface area (Å²) in [6, 6.07) is 5.21. The van der Waals surface area contributed by atoms with Crippen LogP contribution >= 0.6 is 0 Å². The van der Waals surface area contributed by atoms with Gasteiger partial charge in [-0.3, -0.25) is 15.2 Å². The number of methoxy groups -OCH3 is 1. The van der Waals surface area contributed by atoms with Gasteiger partial charge in [0.15, 0.2) is 5.78 Å². The van der Waals surface area contributed by atoms with Crippen LogP contribution in [0, 0.1) is 11.3 Å². The van der Waals surface area contributed by atoms with Gasteiger partial charge in [0.1, 0.15) is 6.61 Å². The maximum Gasteiger partial charge on any atom is 0.279 e. The number of amidine groups is 1. The van der Waals surface area contributed by atoms with E-state index in [0.29, 0.717) is 23.6 Å². The monoisotopic (exact) mass is 326 g/mol. The van der Waals surface area contributed by atoms with Crippen LogP contribution in [-0.2, 0) is 11.2 Å². The van der Waals surface area contributed by atoms with E-state index in [9.17, 15) is 4.79 Å². The van der Waals surface area contributed by atoms with Gasteiger partial charge in [0.05, 0.1) is 31.1 Å². The number of nitrogens with zero attached hydrogens (tertiary/aromatic N) is 2. The molecule has 2 aromatic rings. The van der Waals surface area contributed by atoms with Crippen LogP contribution in [0.1, 0.15) is 22.3 Å². The quantitative estimate of drug-likeness (QED) is 0.654. The molecular formula is C17H18N4O3. The lowest BCUT2D eigenvalue weighted by Crippen LogP contribution is -2.29. The van der Waals surface area contributed by atoms with E-state index in [4.69, 9.17) is 20.6 Å². The summed E-state index contributed by atoms with van der Waals surface area (Å²) in [6.45, 7) is 0.136. The van der Waals surface area contributed by atoms with Gasteiger partial charge in [-0.05, 0) is 18.4 Å². The second-order valence-corrected chi connectivity index (χ2v) is 5.55. The molecule has 1 aliphatic rings. The van der Waals surface area contributed by atoms with Crippen LogP contribution in [-0.4, -0.2) is 35.5 Å². The maximum absolute atomic E-state index is 12.7. The first-order chi connectivity index (χ1) is 11.6. The van der Waals surface area contributed by atoms with Gasteiger partial charge >= 0.3 is 0 Å². The van der Waals surface area contributed by atoms with Crippen molar-refractivity contribution >= 4 is 11.8 Å². The second-order valence-electron chi connectivity index (χ2n) is 5.55. The summed E-state index contributed by atoms with van der Waals surface area (Å²) in [7, 11) is 1.54. The largest absolute Gasteiger partial charge is 0.480 e. The van der Waals surface area contributed by atoms with Crippen molar-refractivity contribution in [3.8, 4) is 17.1 Å². The number of carbonyl (C=O) groups excluding carboxylic acids is 1. The molecular weight excluding hydrogens is 308 g/mol. The minimum Gasteiger partial charge on any atom is -0.480 e. The topological polar surface area (TPSA) is 111 Å². The zero-order valence-electron chi connectivity index (χ0n) is 13.3. The Kier molecular flexibility index (Phi) is 4.41. The standard InChI is InChI=1S/C17H18N4O3/c1-23-15-8-20-7-14(21-15)12-3-2-4-13-11(12)6-5-10(16(13)22)9-24-17(18)19/h2-4,7-8,10H,5-6,9H2,1H3,(H3,18,19). The second kappa shape index (κ2) is 6.66. The van der Waals surface area contributed by atoms with Crippen molar-refractivity contribution in [2.24, 2.45) is 11.7 Å². The summed E-state index contributed by atoms with van der Waals surface area (Å²) in [5.74, 6) is 0.156. The Morgan fingerprint density at radius 1 is 1.38 bits per heavy atom. The lowest BCUT2D eigenvalue weighted by atomic mass is 9.80. The van der Waals surface area contributed by atoms with Crippen molar-refractivity contribution in [2.45, 2.75) is 12.8 Å². The highest BCUT2D eigenvalue weighted by molar-refractivity contribution is 6.02. The number of hydrogen-bond donors (Lipinski definition) is 2. The summed E-state index contributed by atoms with van der Waals surface area (Å²) in [6.07, 6.45) is 4.57. The van der Waals surface area contributed by atoms with Crippen molar-refractivity contribution < 1.29 is 14.3 Å². The molecule has 1 aliphatic carbocycles. The first-order valence-corrected chi connectivity index (χ1v) is 7.59. The van der Waals surface area contributed by atoms with Crippen LogP contribution in [0.2, 0.25) is 0 Å². The number of fused-ring (bicyclic) bond motifs is 1. The average Bonchev–Trinajstić information content (AvgIpc) is 2.60. The van der Waals surface area contributed by atoms with Gasteiger partial charge in [0.2, 0.25) is 5.88 Å². The molecule has 0 saturated heterocycles. The fraction of sp³-hybridized carbons (Fsp3) is 0.294. The lowest BCUT2D eigenvalue weighted by molar-refractivity contribution is 0.0843. The van der Waals surface area contributed by atoms with E-state index in [1.165, 1.54) is 7.11 Å². The van der Waals surface area contributed by atoms with E-state index in [1.54, 1.807) is 12.4 Å². The van der Waals surface area contributed by atoms with Crippen LogP contribution < -0.4 is 10.5 Å². The molecule has 1 atom stereocenters. The number of hydrogen-bond acceptors (Lipinski definition) is 6. The van der Waals surface area contributed by atoms with E-state index < -0.39 is 0 Å². The van der Waals surface area contributed by atoms with Crippen LogP contribution in [0.3, 0.4) is 0 Å². The fourth-order valence-corrected chi connectivity index (χ4v) is 2.92. The number of aromatic nitrogens is 2. The first-order valence-electron chi connectivity index (χ1n) is 7.59. The Labute approximate surface area is 139 Å². The fourth-order valence-electron chi connectivity index (χ4n) is 2.92. The van der Waals surface area contributed by atoms with Crippen LogP contribution in [0.5, 0.6) is 5.88 Å². The Morgan fingerprint density at radius 2 is 2.17 bits per heavy atom. The first kappa shape index (κ1) is 15.9. The third kappa shape index (κ3) is 3.05. The molecule has 0 fully saturated rings. The highest BCUT2D eigenvalue weighted by Gasteiger charge is 2.29. The van der Waals surface area contributed by atoms with Crippen LogP contribution in [0.25, 0.3) is 11.3 Å². The van der Waals surface area contributed by atoms with E-state index in [0.717, 1.165) is 17.5 Å². The lowest BCUT2D eigenvalue weighted by Gasteiger charge is -2.25. The molecule has 3 N–H and O–H groups in total. The van der Waals surface area contributed by atoms with Crippen molar-refractivity contribution in [1.29, 1.82) is 5.41 Å². The van der Waals surface area contributed by atoms with Crippen molar-refractivity contribution in [3.63, 3.8) is 0 Å². The smallest absolute Gasteiger partial charge is 0.279 e. The molecule has 1 aromatic heterocycles. The third-order valence-corrected chi connectivity index (χ3v) is 4.09. The number of ketones is 1. The van der Waals surface area contributed by atoms with E-state index >= 15 is 0 Å². The van der Waals surface area contributed by atoms with Gasteiger partial charge in [-0.1, -0.05) is 18.2 Å². The Balaban J connectivity index is 1.94. The van der Waals surface area contributed by atoms with Crippen molar-refractivity contribution in [3.05, 3.63) is 41.7 Å². The highest BCUT2D eigenvalue weighted by Crippen LogP contribution is 2.33. The number of ether oxygens (including phenoxy) is 2. The SMILES string of the molecule is COc1cncc(-c2cccc3c2CCC(COC(=N)N)C3=O)n1. The van der Waals surface area contributed by atoms with Gasteiger partial charge in [-0.25, -0.2) is 4.98 Å². The number of benzene rings is 1.